The zero-order chi connectivity index (χ0) is 23.7. The minimum absolute atomic E-state index is 0.333. The van der Waals surface area contributed by atoms with Gasteiger partial charge in [0.15, 0.2) is 0 Å². The highest BCUT2D eigenvalue weighted by molar-refractivity contribution is 6.30. The summed E-state index contributed by atoms with van der Waals surface area (Å²) in [6.07, 6.45) is -2.03. The number of nitrogens with zero attached hydrogens (tertiary/aromatic N) is 3. The molecule has 0 saturated heterocycles. The quantitative estimate of drug-likeness (QED) is 0.199. The summed E-state index contributed by atoms with van der Waals surface area (Å²) in [6.45, 7) is 5.19. The zero-order valence-electron chi connectivity index (χ0n) is 18.0. The molecule has 0 fully saturated rings. The smallest absolute Gasteiger partial charge is 0.400 e. The predicted molar refractivity (Wildman–Crippen MR) is 118 cm³/mol. The number of ether oxygens (including phenoxy) is 2. The van der Waals surface area contributed by atoms with E-state index in [0.717, 1.165) is 5.56 Å². The third kappa shape index (κ3) is 4.17. The van der Waals surface area contributed by atoms with Gasteiger partial charge in [-0.05, 0) is 29.8 Å². The van der Waals surface area contributed by atoms with Crippen molar-refractivity contribution in [3.8, 4) is 11.1 Å². The lowest BCUT2D eigenvalue weighted by Gasteiger charge is -2.42. The molecule has 12 heteroatoms. The molecule has 0 bridgehead atoms. The summed E-state index contributed by atoms with van der Waals surface area (Å²) in [7, 11) is 1.71. The number of hydrazine groups is 2. The average Bonchev–Trinajstić information content (AvgIpc) is 3.13. The highest BCUT2D eigenvalue weighted by Gasteiger charge is 2.52. The lowest BCUT2D eigenvalue weighted by molar-refractivity contribution is -0.233. The summed E-state index contributed by atoms with van der Waals surface area (Å²) < 4.78 is 12.8. The van der Waals surface area contributed by atoms with Gasteiger partial charge < -0.3 is 9.47 Å². The zero-order valence-corrected chi connectivity index (χ0v) is 18.7. The number of hydrogen-bond acceptors (Lipinski definition) is 8. The SMILES string of the molecule is Cn1nnc2c(-c3ccc(Cl)cc3)cc(C(OC(=O)NN)(OC(=O)NN)C(C)(C)C)cc21. The molecule has 170 valence electrons. The van der Waals surface area contributed by atoms with Crippen LogP contribution in [0.25, 0.3) is 22.2 Å². The molecule has 0 atom stereocenters. The molecule has 32 heavy (non-hydrogen) atoms. The van der Waals surface area contributed by atoms with Gasteiger partial charge in [0.1, 0.15) is 5.52 Å². The lowest BCUT2D eigenvalue weighted by Crippen LogP contribution is -2.52. The van der Waals surface area contributed by atoms with Crippen molar-refractivity contribution in [3.05, 3.63) is 47.0 Å². The van der Waals surface area contributed by atoms with E-state index in [1.165, 1.54) is 0 Å². The Bertz CT molecular complexity index is 1140. The number of hydrogen-bond donors (Lipinski definition) is 4. The first-order valence-electron chi connectivity index (χ1n) is 9.51. The molecule has 0 aliphatic carbocycles. The van der Waals surface area contributed by atoms with Gasteiger partial charge in [-0.25, -0.2) is 26.0 Å². The molecule has 0 spiro atoms. The van der Waals surface area contributed by atoms with Gasteiger partial charge in [0.25, 0.3) is 5.79 Å². The molecular formula is C20H24ClN7O4. The normalized spacial score (nSPS) is 11.8. The fourth-order valence-electron chi connectivity index (χ4n) is 3.37. The first kappa shape index (κ1) is 23.3. The first-order valence-corrected chi connectivity index (χ1v) is 9.89. The molecule has 0 aliphatic rings. The second kappa shape index (κ2) is 8.61. The highest BCUT2D eigenvalue weighted by atomic mass is 35.5. The van der Waals surface area contributed by atoms with E-state index in [-0.39, 0.29) is 0 Å². The summed E-state index contributed by atoms with van der Waals surface area (Å²) >= 11 is 6.05. The Hall–Kier alpha value is -3.41. The summed E-state index contributed by atoms with van der Waals surface area (Å²) in [6, 6.07) is 10.5. The van der Waals surface area contributed by atoms with Gasteiger partial charge in [0.05, 0.1) is 5.52 Å². The molecule has 1 heterocycles. The van der Waals surface area contributed by atoms with Crippen molar-refractivity contribution in [1.82, 2.24) is 25.8 Å². The number of nitrogens with two attached hydrogens (primary N) is 2. The molecule has 0 aliphatic heterocycles. The third-order valence-electron chi connectivity index (χ3n) is 4.95. The number of halogens is 1. The van der Waals surface area contributed by atoms with Gasteiger partial charge in [-0.1, -0.05) is 49.7 Å². The Morgan fingerprint density at radius 1 is 1.03 bits per heavy atom. The van der Waals surface area contributed by atoms with E-state index in [1.54, 1.807) is 56.8 Å². The van der Waals surface area contributed by atoms with Crippen molar-refractivity contribution in [2.24, 2.45) is 24.1 Å². The van der Waals surface area contributed by atoms with Gasteiger partial charge >= 0.3 is 12.2 Å². The topological polar surface area (TPSA) is 159 Å². The van der Waals surface area contributed by atoms with Crippen molar-refractivity contribution in [1.29, 1.82) is 0 Å². The van der Waals surface area contributed by atoms with Crippen LogP contribution < -0.4 is 22.5 Å². The van der Waals surface area contributed by atoms with Gasteiger partial charge in [-0.2, -0.15) is 0 Å². The number of fused-ring (bicyclic) bond motifs is 1. The van der Waals surface area contributed by atoms with Crippen LogP contribution in [0.4, 0.5) is 9.59 Å². The molecule has 1 aromatic heterocycles. The molecule has 3 rings (SSSR count). The number of amides is 2. The van der Waals surface area contributed by atoms with E-state index in [1.807, 2.05) is 23.0 Å². The van der Waals surface area contributed by atoms with Crippen molar-refractivity contribution in [2.45, 2.75) is 26.6 Å². The monoisotopic (exact) mass is 461 g/mol. The molecule has 2 amide bonds. The maximum atomic E-state index is 12.2. The molecule has 2 aromatic carbocycles. The van der Waals surface area contributed by atoms with Crippen LogP contribution >= 0.6 is 11.6 Å². The van der Waals surface area contributed by atoms with Crippen molar-refractivity contribution in [3.63, 3.8) is 0 Å². The number of carbonyl (C=O) groups excluding carboxylic acids is 2. The van der Waals surface area contributed by atoms with E-state index >= 15 is 0 Å². The molecule has 0 saturated carbocycles. The summed E-state index contributed by atoms with van der Waals surface area (Å²) in [4.78, 5) is 24.5. The van der Waals surface area contributed by atoms with E-state index in [2.05, 4.69) is 10.3 Å². The van der Waals surface area contributed by atoms with Crippen LogP contribution in [0, 0.1) is 5.41 Å². The Kier molecular flexibility index (Phi) is 6.26. The van der Waals surface area contributed by atoms with Crippen LogP contribution in [-0.4, -0.2) is 27.2 Å². The van der Waals surface area contributed by atoms with E-state index in [9.17, 15) is 9.59 Å². The van der Waals surface area contributed by atoms with Crippen molar-refractivity contribution < 1.29 is 19.1 Å². The summed E-state index contributed by atoms with van der Waals surface area (Å²) in [5, 5.41) is 8.92. The maximum absolute atomic E-state index is 12.2. The molecular weight excluding hydrogens is 438 g/mol. The summed E-state index contributed by atoms with van der Waals surface area (Å²) in [5.74, 6) is 8.58. The van der Waals surface area contributed by atoms with Crippen LogP contribution in [-0.2, 0) is 22.3 Å². The third-order valence-corrected chi connectivity index (χ3v) is 5.20. The minimum atomic E-state index is -1.93. The summed E-state index contributed by atoms with van der Waals surface area (Å²) in [5.41, 5.74) is 5.79. The molecule has 6 N–H and O–H groups in total. The lowest BCUT2D eigenvalue weighted by atomic mass is 9.79. The number of aryl methyl sites for hydroxylation is 1. The van der Waals surface area contributed by atoms with Crippen molar-refractivity contribution in [2.75, 3.05) is 0 Å². The molecule has 11 nitrogen and oxygen atoms in total. The Labute approximate surface area is 188 Å². The highest BCUT2D eigenvalue weighted by Crippen LogP contribution is 2.46. The Morgan fingerprint density at radius 2 is 1.59 bits per heavy atom. The van der Waals surface area contributed by atoms with Crippen LogP contribution in [0.2, 0.25) is 5.02 Å². The number of benzene rings is 2. The molecule has 0 radical (unpaired) electrons. The van der Waals surface area contributed by atoms with Gasteiger partial charge in [0, 0.05) is 28.6 Å². The number of nitrogens with one attached hydrogen (secondary N) is 2. The fraction of sp³-hybridized carbons (Fsp3) is 0.300. The average molecular weight is 462 g/mol. The number of rotatable bonds is 4. The maximum Gasteiger partial charge on any atom is 0.425 e. The van der Waals surface area contributed by atoms with Crippen LogP contribution in [0.15, 0.2) is 36.4 Å². The van der Waals surface area contributed by atoms with E-state index < -0.39 is 23.4 Å². The second-order valence-electron chi connectivity index (χ2n) is 8.05. The van der Waals surface area contributed by atoms with E-state index in [4.69, 9.17) is 32.8 Å². The first-order chi connectivity index (χ1) is 15.0. The largest absolute Gasteiger partial charge is 0.425 e. The Morgan fingerprint density at radius 3 is 2.09 bits per heavy atom. The minimum Gasteiger partial charge on any atom is -0.400 e. The van der Waals surface area contributed by atoms with Crippen LogP contribution in [0.1, 0.15) is 26.3 Å². The van der Waals surface area contributed by atoms with Gasteiger partial charge in [-0.3, -0.25) is 10.9 Å². The number of carbonyl (C=O) groups is 2. The predicted octanol–water partition coefficient (Wildman–Crippen LogP) is 2.69. The van der Waals surface area contributed by atoms with Crippen LogP contribution in [0.5, 0.6) is 0 Å². The van der Waals surface area contributed by atoms with Gasteiger partial charge in [0.2, 0.25) is 0 Å². The fourth-order valence-corrected chi connectivity index (χ4v) is 3.49. The van der Waals surface area contributed by atoms with E-state index in [0.29, 0.717) is 27.2 Å². The van der Waals surface area contributed by atoms with Crippen LogP contribution in [0.3, 0.4) is 0 Å². The Balaban J connectivity index is 2.37. The molecule has 3 aromatic rings. The van der Waals surface area contributed by atoms with Gasteiger partial charge in [-0.15, -0.1) is 5.10 Å². The number of aromatic nitrogens is 3. The van der Waals surface area contributed by atoms with Crippen molar-refractivity contribution >= 4 is 34.8 Å². The standard InChI is InChI=1S/C20H24ClN7O4/c1-19(2,3)20(31-17(29)24-22,32-18(30)25-23)12-9-14(11-5-7-13(21)8-6-11)16-15(10-12)28(4)27-26-16/h5-10H,22-23H2,1-4H3,(H,24,29)(H,25,30). The molecule has 0 unspecified atom stereocenters. The second-order valence-corrected chi connectivity index (χ2v) is 8.48.